The summed E-state index contributed by atoms with van der Waals surface area (Å²) in [4.78, 5) is 13.6. The Morgan fingerprint density at radius 3 is 2.75 bits per heavy atom. The first-order valence-corrected chi connectivity index (χ1v) is 6.37. The number of hydrogen-bond donors (Lipinski definition) is 1. The third-order valence-electron chi connectivity index (χ3n) is 4.28. The van der Waals surface area contributed by atoms with E-state index in [0.717, 1.165) is 13.1 Å². The molecule has 16 heavy (non-hydrogen) atoms. The number of rotatable bonds is 1. The summed E-state index contributed by atoms with van der Waals surface area (Å²) >= 11 is 0. The lowest BCUT2D eigenvalue weighted by Gasteiger charge is -2.36. The number of piperidine rings is 1. The summed E-state index contributed by atoms with van der Waals surface area (Å²) in [6.45, 7) is 2.14. The van der Waals surface area contributed by atoms with Gasteiger partial charge in [-0.2, -0.15) is 0 Å². The van der Waals surface area contributed by atoms with Crippen molar-refractivity contribution in [3.8, 4) is 0 Å². The van der Waals surface area contributed by atoms with Crippen LogP contribution in [0, 0.1) is 5.92 Å². The Labute approximate surface area is 95.6 Å². The average Bonchev–Trinajstić information content (AvgIpc) is 2.74. The normalized spacial score (nSPS) is 44.4. The molecule has 0 radical (unpaired) electrons. The molecule has 0 aromatic heterocycles. The second-order valence-electron chi connectivity index (χ2n) is 5.29. The van der Waals surface area contributed by atoms with E-state index in [1.165, 1.54) is 19.3 Å². The minimum absolute atomic E-state index is 0.0190. The van der Waals surface area contributed by atoms with Gasteiger partial charge in [0.05, 0.1) is 12.5 Å². The quantitative estimate of drug-likeness (QED) is 0.662. The van der Waals surface area contributed by atoms with Gasteiger partial charge in [0.2, 0.25) is 0 Å². The van der Waals surface area contributed by atoms with Crippen LogP contribution in [0.15, 0.2) is 0 Å². The zero-order valence-corrected chi connectivity index (χ0v) is 9.47. The molecular formula is C12H19NO3. The Balaban J connectivity index is 1.74. The van der Waals surface area contributed by atoms with Gasteiger partial charge < -0.3 is 9.84 Å². The molecular weight excluding hydrogens is 206 g/mol. The minimum atomic E-state index is -0.304. The lowest BCUT2D eigenvalue weighted by atomic mass is 9.96. The van der Waals surface area contributed by atoms with E-state index in [0.29, 0.717) is 12.8 Å². The van der Waals surface area contributed by atoms with Gasteiger partial charge in [-0.25, -0.2) is 0 Å². The van der Waals surface area contributed by atoms with Crippen LogP contribution in [0.25, 0.3) is 0 Å². The minimum Gasteiger partial charge on any atom is -0.462 e. The summed E-state index contributed by atoms with van der Waals surface area (Å²) in [5, 5.41) is 10.1. The molecule has 2 saturated heterocycles. The number of carbonyl (C=O) groups is 1. The summed E-state index contributed by atoms with van der Waals surface area (Å²) in [6, 6.07) is 0.164. The maximum Gasteiger partial charge on any atom is 0.306 e. The lowest BCUT2D eigenvalue weighted by Crippen LogP contribution is -2.47. The summed E-state index contributed by atoms with van der Waals surface area (Å²) in [7, 11) is 0. The molecule has 2 aliphatic heterocycles. The summed E-state index contributed by atoms with van der Waals surface area (Å²) < 4.78 is 5.25. The highest BCUT2D eigenvalue weighted by Crippen LogP contribution is 2.40. The van der Waals surface area contributed by atoms with Crippen LogP contribution in [-0.4, -0.2) is 47.3 Å². The van der Waals surface area contributed by atoms with Gasteiger partial charge in [-0.15, -0.1) is 0 Å². The van der Waals surface area contributed by atoms with Crippen LogP contribution in [0.4, 0.5) is 0 Å². The molecule has 0 aromatic carbocycles. The van der Waals surface area contributed by atoms with Gasteiger partial charge in [0.25, 0.3) is 0 Å². The maximum absolute atomic E-state index is 11.3. The topological polar surface area (TPSA) is 49.8 Å². The molecule has 0 spiro atoms. The Bertz CT molecular complexity index is 288. The molecule has 0 amide bonds. The molecule has 1 N–H and O–H groups in total. The van der Waals surface area contributed by atoms with Crippen LogP contribution in [0.5, 0.6) is 0 Å². The van der Waals surface area contributed by atoms with Crippen molar-refractivity contribution < 1.29 is 14.6 Å². The number of fused-ring (bicyclic) bond motifs is 1. The predicted molar refractivity (Wildman–Crippen MR) is 57.8 cm³/mol. The molecule has 3 rings (SSSR count). The van der Waals surface area contributed by atoms with Crippen LogP contribution in [0.3, 0.4) is 0 Å². The Hall–Kier alpha value is -0.610. The number of likely N-dealkylation sites (tertiary alicyclic amines) is 1. The fourth-order valence-electron chi connectivity index (χ4n) is 3.59. The smallest absolute Gasteiger partial charge is 0.306 e. The largest absolute Gasteiger partial charge is 0.462 e. The van der Waals surface area contributed by atoms with Crippen LogP contribution in [0.2, 0.25) is 0 Å². The maximum atomic E-state index is 11.3. The number of esters is 1. The molecule has 1 aliphatic carbocycles. The second kappa shape index (κ2) is 4.00. The second-order valence-corrected chi connectivity index (χ2v) is 5.29. The van der Waals surface area contributed by atoms with Gasteiger partial charge in [-0.1, -0.05) is 6.42 Å². The van der Waals surface area contributed by atoms with E-state index in [4.69, 9.17) is 4.74 Å². The molecule has 90 valence electrons. The average molecular weight is 225 g/mol. The van der Waals surface area contributed by atoms with Crippen LogP contribution in [-0.2, 0) is 9.53 Å². The molecule has 3 aliphatic rings. The monoisotopic (exact) mass is 225 g/mol. The summed E-state index contributed by atoms with van der Waals surface area (Å²) in [6.07, 6.45) is 4.55. The van der Waals surface area contributed by atoms with E-state index in [2.05, 4.69) is 4.90 Å². The molecule has 1 saturated carbocycles. The van der Waals surface area contributed by atoms with Crippen LogP contribution >= 0.6 is 0 Å². The van der Waals surface area contributed by atoms with E-state index < -0.39 is 0 Å². The van der Waals surface area contributed by atoms with E-state index in [1.54, 1.807) is 0 Å². The zero-order valence-electron chi connectivity index (χ0n) is 9.47. The van der Waals surface area contributed by atoms with Crippen molar-refractivity contribution >= 4 is 5.97 Å². The molecule has 3 fully saturated rings. The highest BCUT2D eigenvalue weighted by atomic mass is 16.6. The van der Waals surface area contributed by atoms with E-state index in [9.17, 15) is 9.90 Å². The molecule has 0 unspecified atom stereocenters. The number of aliphatic hydroxyl groups is 1. The fourth-order valence-corrected chi connectivity index (χ4v) is 3.59. The third-order valence-corrected chi connectivity index (χ3v) is 4.28. The lowest BCUT2D eigenvalue weighted by molar-refractivity contribution is -0.141. The standard InChI is InChI=1S/C12H19NO3/c14-9-7-10-8(6-11(15)16-10)12(9)13-4-2-1-3-5-13/h8-10,12,14H,1-7H2/t8-,9+,10-,12+/m1/s1. The van der Waals surface area contributed by atoms with Gasteiger partial charge >= 0.3 is 5.97 Å². The van der Waals surface area contributed by atoms with E-state index in [1.807, 2.05) is 0 Å². The van der Waals surface area contributed by atoms with Crippen molar-refractivity contribution in [2.45, 2.75) is 50.4 Å². The van der Waals surface area contributed by atoms with Gasteiger partial charge in [-0.3, -0.25) is 9.69 Å². The van der Waals surface area contributed by atoms with Crippen molar-refractivity contribution in [1.82, 2.24) is 4.90 Å². The van der Waals surface area contributed by atoms with Crippen molar-refractivity contribution in [3.05, 3.63) is 0 Å². The first-order chi connectivity index (χ1) is 7.75. The number of aliphatic hydroxyl groups excluding tert-OH is 1. The summed E-state index contributed by atoms with van der Waals surface area (Å²) in [5.41, 5.74) is 0. The summed E-state index contributed by atoms with van der Waals surface area (Å²) in [5.74, 6) is 0.157. The highest BCUT2D eigenvalue weighted by Gasteiger charge is 2.51. The number of ether oxygens (including phenoxy) is 1. The fraction of sp³-hybridized carbons (Fsp3) is 0.917. The molecule has 4 heteroatoms. The number of hydrogen-bond acceptors (Lipinski definition) is 4. The first kappa shape index (κ1) is 10.5. The van der Waals surface area contributed by atoms with E-state index >= 15 is 0 Å². The van der Waals surface area contributed by atoms with Crippen LogP contribution < -0.4 is 0 Å². The van der Waals surface area contributed by atoms with Gasteiger partial charge in [0, 0.05) is 18.4 Å². The first-order valence-electron chi connectivity index (χ1n) is 6.37. The van der Waals surface area contributed by atoms with Gasteiger partial charge in [0.1, 0.15) is 6.10 Å². The molecule has 0 aromatic rings. The molecule has 0 bridgehead atoms. The molecule has 2 heterocycles. The highest BCUT2D eigenvalue weighted by molar-refractivity contribution is 5.72. The Morgan fingerprint density at radius 1 is 1.25 bits per heavy atom. The Kier molecular flexibility index (Phi) is 2.64. The van der Waals surface area contributed by atoms with E-state index in [-0.39, 0.29) is 30.1 Å². The molecule has 4 atom stereocenters. The van der Waals surface area contributed by atoms with Gasteiger partial charge in [-0.05, 0) is 25.9 Å². The number of nitrogens with zero attached hydrogens (tertiary/aromatic N) is 1. The van der Waals surface area contributed by atoms with Crippen molar-refractivity contribution in [1.29, 1.82) is 0 Å². The van der Waals surface area contributed by atoms with Crippen molar-refractivity contribution in [3.63, 3.8) is 0 Å². The zero-order chi connectivity index (χ0) is 11.1. The predicted octanol–water partition coefficient (Wildman–Crippen LogP) is 0.537. The SMILES string of the molecule is O=C1C[C@H]2[C@H](N3CCCCC3)[C@@H](O)C[C@H]2O1. The number of carbonyl (C=O) groups excluding carboxylic acids is 1. The van der Waals surface area contributed by atoms with Crippen LogP contribution in [0.1, 0.15) is 32.1 Å². The molecule has 4 nitrogen and oxygen atoms in total. The van der Waals surface area contributed by atoms with Crippen molar-refractivity contribution in [2.75, 3.05) is 13.1 Å². The Morgan fingerprint density at radius 2 is 2.00 bits per heavy atom. The van der Waals surface area contributed by atoms with Gasteiger partial charge in [0.15, 0.2) is 0 Å². The third kappa shape index (κ3) is 1.64. The van der Waals surface area contributed by atoms with Crippen molar-refractivity contribution in [2.24, 2.45) is 5.92 Å².